The fourth-order valence-corrected chi connectivity index (χ4v) is 3.27. The van der Waals surface area contributed by atoms with Crippen molar-refractivity contribution in [3.05, 3.63) is 63.7 Å². The van der Waals surface area contributed by atoms with Crippen LogP contribution < -0.4 is 10.5 Å². The minimum absolute atomic E-state index is 0.186. The molecule has 0 aliphatic carbocycles. The Labute approximate surface area is 148 Å². The van der Waals surface area contributed by atoms with E-state index in [-0.39, 0.29) is 17.2 Å². The third-order valence-corrected chi connectivity index (χ3v) is 4.52. The highest BCUT2D eigenvalue weighted by Crippen LogP contribution is 2.32. The molecule has 1 aromatic heterocycles. The number of aromatic amines is 1. The highest BCUT2D eigenvalue weighted by Gasteiger charge is 2.23. The average molecular weight is 353 g/mol. The van der Waals surface area contributed by atoms with E-state index in [0.29, 0.717) is 28.8 Å². The predicted molar refractivity (Wildman–Crippen MR) is 95.4 cm³/mol. The fourth-order valence-electron chi connectivity index (χ4n) is 3.27. The molecule has 0 fully saturated rings. The summed E-state index contributed by atoms with van der Waals surface area (Å²) in [5, 5.41) is 0. The van der Waals surface area contributed by atoms with Gasteiger partial charge in [0.05, 0.1) is 23.7 Å². The van der Waals surface area contributed by atoms with E-state index >= 15 is 0 Å². The van der Waals surface area contributed by atoms with Gasteiger partial charge in [-0.25, -0.2) is 14.2 Å². The van der Waals surface area contributed by atoms with Crippen LogP contribution >= 0.6 is 0 Å². The number of carbonyl (C=O) groups excluding carboxylic acids is 1. The number of carbonyl (C=O) groups is 1. The summed E-state index contributed by atoms with van der Waals surface area (Å²) in [7, 11) is 1.30. The first kappa shape index (κ1) is 16.3. The first-order valence-corrected chi connectivity index (χ1v) is 8.25. The SMILES string of the molecule is COC(=O)c1ccc2[nH]c(=O)c(N3CCCc4ccc(F)cc43)nc2c1. The second-order valence-corrected chi connectivity index (χ2v) is 6.14. The number of hydrogen-bond donors (Lipinski definition) is 1. The number of nitrogens with zero attached hydrogens (tertiary/aromatic N) is 2. The van der Waals surface area contributed by atoms with Gasteiger partial charge in [-0.15, -0.1) is 0 Å². The van der Waals surface area contributed by atoms with Crippen LogP contribution in [0.2, 0.25) is 0 Å². The molecule has 0 bridgehead atoms. The number of benzene rings is 2. The maximum absolute atomic E-state index is 13.7. The molecule has 1 aliphatic heterocycles. The van der Waals surface area contributed by atoms with Crippen LogP contribution in [0, 0.1) is 5.82 Å². The molecule has 6 nitrogen and oxygen atoms in total. The molecule has 0 amide bonds. The third-order valence-electron chi connectivity index (χ3n) is 4.52. The number of anilines is 2. The highest BCUT2D eigenvalue weighted by molar-refractivity contribution is 5.93. The number of aryl methyl sites for hydroxylation is 1. The van der Waals surface area contributed by atoms with Gasteiger partial charge >= 0.3 is 5.97 Å². The van der Waals surface area contributed by atoms with E-state index in [1.54, 1.807) is 29.2 Å². The summed E-state index contributed by atoms with van der Waals surface area (Å²) in [5.74, 6) is -0.654. The van der Waals surface area contributed by atoms with E-state index in [1.165, 1.54) is 19.2 Å². The Morgan fingerprint density at radius 2 is 2.12 bits per heavy atom. The van der Waals surface area contributed by atoms with Gasteiger partial charge in [-0.05, 0) is 48.7 Å². The lowest BCUT2D eigenvalue weighted by Gasteiger charge is -2.29. The second-order valence-electron chi connectivity index (χ2n) is 6.14. The highest BCUT2D eigenvalue weighted by atomic mass is 19.1. The molecule has 0 spiro atoms. The van der Waals surface area contributed by atoms with Gasteiger partial charge in [-0.1, -0.05) is 6.07 Å². The van der Waals surface area contributed by atoms with E-state index in [0.717, 1.165) is 18.4 Å². The number of rotatable bonds is 2. The van der Waals surface area contributed by atoms with Crippen LogP contribution in [0.15, 0.2) is 41.2 Å². The van der Waals surface area contributed by atoms with Crippen molar-refractivity contribution in [3.63, 3.8) is 0 Å². The monoisotopic (exact) mass is 353 g/mol. The number of esters is 1. The van der Waals surface area contributed by atoms with Crippen molar-refractivity contribution in [1.29, 1.82) is 0 Å². The predicted octanol–water partition coefficient (Wildman–Crippen LogP) is 2.93. The molecule has 0 atom stereocenters. The third kappa shape index (κ3) is 2.71. The minimum Gasteiger partial charge on any atom is -0.465 e. The summed E-state index contributed by atoms with van der Waals surface area (Å²) < 4.78 is 18.5. The van der Waals surface area contributed by atoms with E-state index in [1.807, 2.05) is 0 Å². The van der Waals surface area contributed by atoms with Crippen LogP contribution in [0.3, 0.4) is 0 Å². The first-order valence-electron chi connectivity index (χ1n) is 8.25. The van der Waals surface area contributed by atoms with E-state index in [4.69, 9.17) is 4.74 Å². The minimum atomic E-state index is -0.480. The summed E-state index contributed by atoms with van der Waals surface area (Å²) in [6, 6.07) is 9.33. The van der Waals surface area contributed by atoms with Crippen molar-refractivity contribution in [3.8, 4) is 0 Å². The molecule has 0 unspecified atom stereocenters. The van der Waals surface area contributed by atoms with Gasteiger partial charge in [0, 0.05) is 12.2 Å². The second kappa shape index (κ2) is 6.25. The molecule has 0 radical (unpaired) electrons. The van der Waals surface area contributed by atoms with Crippen LogP contribution in [0.1, 0.15) is 22.3 Å². The van der Waals surface area contributed by atoms with Crippen LogP contribution in [0.5, 0.6) is 0 Å². The zero-order valence-corrected chi connectivity index (χ0v) is 14.1. The maximum Gasteiger partial charge on any atom is 0.337 e. The number of fused-ring (bicyclic) bond motifs is 2. The lowest BCUT2D eigenvalue weighted by atomic mass is 10.0. The number of methoxy groups -OCH3 is 1. The number of nitrogens with one attached hydrogen (secondary N) is 1. The molecule has 4 rings (SSSR count). The first-order chi connectivity index (χ1) is 12.6. The summed E-state index contributed by atoms with van der Waals surface area (Å²) in [6.45, 7) is 0.564. The van der Waals surface area contributed by atoms with Crippen molar-refractivity contribution in [2.45, 2.75) is 12.8 Å². The number of H-pyrrole nitrogens is 1. The van der Waals surface area contributed by atoms with Gasteiger partial charge in [0.15, 0.2) is 5.82 Å². The lowest BCUT2D eigenvalue weighted by molar-refractivity contribution is 0.0601. The van der Waals surface area contributed by atoms with Gasteiger partial charge in [-0.2, -0.15) is 0 Å². The Balaban J connectivity index is 1.87. The quantitative estimate of drug-likeness (QED) is 0.717. The van der Waals surface area contributed by atoms with Gasteiger partial charge in [0.2, 0.25) is 0 Å². The number of aromatic nitrogens is 2. The Bertz CT molecular complexity index is 1080. The van der Waals surface area contributed by atoms with Crippen molar-refractivity contribution in [2.24, 2.45) is 0 Å². The smallest absolute Gasteiger partial charge is 0.337 e. The van der Waals surface area contributed by atoms with E-state index < -0.39 is 5.97 Å². The van der Waals surface area contributed by atoms with Crippen LogP contribution in [0.4, 0.5) is 15.9 Å². The van der Waals surface area contributed by atoms with Crippen molar-refractivity contribution < 1.29 is 13.9 Å². The Kier molecular flexibility index (Phi) is 3.91. The van der Waals surface area contributed by atoms with Gasteiger partial charge in [0.1, 0.15) is 5.82 Å². The summed E-state index contributed by atoms with van der Waals surface area (Å²) in [5.41, 5.74) is 2.59. The zero-order valence-electron chi connectivity index (χ0n) is 14.1. The average Bonchev–Trinajstić information content (AvgIpc) is 2.66. The molecule has 0 saturated heterocycles. The van der Waals surface area contributed by atoms with Crippen molar-refractivity contribution in [2.75, 3.05) is 18.6 Å². The largest absolute Gasteiger partial charge is 0.465 e. The maximum atomic E-state index is 13.7. The normalized spacial score (nSPS) is 13.5. The molecule has 26 heavy (non-hydrogen) atoms. The zero-order chi connectivity index (χ0) is 18.3. The molecular formula is C19H16FN3O3. The van der Waals surface area contributed by atoms with E-state index in [9.17, 15) is 14.0 Å². The number of halogens is 1. The molecule has 7 heteroatoms. The number of ether oxygens (including phenoxy) is 1. The fraction of sp³-hybridized carbons (Fsp3) is 0.211. The molecule has 2 heterocycles. The Morgan fingerprint density at radius 1 is 1.27 bits per heavy atom. The molecule has 0 saturated carbocycles. The van der Waals surface area contributed by atoms with Crippen LogP contribution in [-0.4, -0.2) is 29.6 Å². The molecule has 132 valence electrons. The summed E-state index contributed by atoms with van der Waals surface area (Å²) in [6.07, 6.45) is 1.66. The van der Waals surface area contributed by atoms with Crippen molar-refractivity contribution in [1.82, 2.24) is 9.97 Å². The molecule has 2 aromatic carbocycles. The van der Waals surface area contributed by atoms with Crippen molar-refractivity contribution >= 4 is 28.5 Å². The number of hydrogen-bond acceptors (Lipinski definition) is 5. The van der Waals surface area contributed by atoms with Crippen LogP contribution in [-0.2, 0) is 11.2 Å². The Hall–Kier alpha value is -3.22. The topological polar surface area (TPSA) is 75.3 Å². The molecule has 3 aromatic rings. The van der Waals surface area contributed by atoms with Crippen LogP contribution in [0.25, 0.3) is 11.0 Å². The van der Waals surface area contributed by atoms with Gasteiger partial charge in [0.25, 0.3) is 5.56 Å². The van der Waals surface area contributed by atoms with Gasteiger partial charge in [-0.3, -0.25) is 4.79 Å². The Morgan fingerprint density at radius 3 is 2.92 bits per heavy atom. The van der Waals surface area contributed by atoms with Gasteiger partial charge < -0.3 is 14.6 Å². The molecular weight excluding hydrogens is 337 g/mol. The molecule has 1 N–H and O–H groups in total. The summed E-state index contributed by atoms with van der Waals surface area (Å²) >= 11 is 0. The lowest BCUT2D eigenvalue weighted by Crippen LogP contribution is -2.31. The standard InChI is InChI=1S/C19H16FN3O3/c1-26-19(25)12-5-7-14-15(9-12)21-17(18(24)22-14)23-8-2-3-11-4-6-13(20)10-16(11)23/h4-7,9-10H,2-3,8H2,1H3,(H,22,24). The molecule has 1 aliphatic rings. The summed E-state index contributed by atoms with van der Waals surface area (Å²) in [4.78, 5) is 33.3. The van der Waals surface area contributed by atoms with E-state index in [2.05, 4.69) is 9.97 Å².